The molecule has 0 aliphatic carbocycles. The van der Waals surface area contributed by atoms with Crippen molar-refractivity contribution in [1.29, 1.82) is 0 Å². The fraction of sp³-hybridized carbons (Fsp3) is 0.333. The molecule has 2 aliphatic heterocycles. The van der Waals surface area contributed by atoms with Gasteiger partial charge < -0.3 is 14.2 Å². The van der Waals surface area contributed by atoms with Crippen LogP contribution in [-0.4, -0.2) is 27.5 Å². The number of ether oxygens (including phenoxy) is 3. The van der Waals surface area contributed by atoms with Gasteiger partial charge in [0, 0.05) is 6.61 Å². The predicted octanol–water partition coefficient (Wildman–Crippen LogP) is 6.30. The molecule has 3 heterocycles. The monoisotopic (exact) mass is 481 g/mol. The molecule has 6 nitrogen and oxygen atoms in total. The predicted molar refractivity (Wildman–Crippen MR) is 137 cm³/mol. The number of benzene rings is 3. The van der Waals surface area contributed by atoms with Gasteiger partial charge in [-0.05, 0) is 48.9 Å². The fourth-order valence-electron chi connectivity index (χ4n) is 5.07. The summed E-state index contributed by atoms with van der Waals surface area (Å²) >= 11 is 0. The Bertz CT molecular complexity index is 1270. The Hall–Kier alpha value is -3.48. The highest BCUT2D eigenvalue weighted by Gasteiger charge is 2.33. The number of hydrogen-bond donors (Lipinski definition) is 0. The van der Waals surface area contributed by atoms with Crippen molar-refractivity contribution in [2.75, 3.05) is 6.61 Å². The minimum atomic E-state index is -0.102. The van der Waals surface area contributed by atoms with Gasteiger partial charge in [0.25, 0.3) is 0 Å². The molecule has 2 fully saturated rings. The Labute approximate surface area is 211 Å². The van der Waals surface area contributed by atoms with E-state index >= 15 is 0 Å². The zero-order chi connectivity index (χ0) is 24.2. The van der Waals surface area contributed by atoms with Crippen molar-refractivity contribution in [1.82, 2.24) is 14.8 Å². The summed E-state index contributed by atoms with van der Waals surface area (Å²) in [4.78, 5) is 5.04. The molecule has 0 amide bonds. The molecular weight excluding hydrogens is 450 g/mol. The van der Waals surface area contributed by atoms with Crippen LogP contribution in [-0.2, 0) is 22.6 Å². The standard InChI is InChI=1S/C30H31N3O3/c1-3-10-22(11-4-1)21-35-27-16-8-7-15-25(27)29-31-30(33(32-29)20-24-14-9-19-34-24)28-18-17-26(36-28)23-12-5-2-6-13-23/h1-8,10-13,15-16,24,26,28H,9,14,17-21H2/t24?,26-,28+/m1/s1. The Morgan fingerprint density at radius 3 is 2.39 bits per heavy atom. The maximum Gasteiger partial charge on any atom is 0.185 e. The highest BCUT2D eigenvalue weighted by molar-refractivity contribution is 5.63. The number of nitrogens with zero attached hydrogens (tertiary/aromatic N) is 3. The first-order valence-electron chi connectivity index (χ1n) is 12.9. The summed E-state index contributed by atoms with van der Waals surface area (Å²) in [5, 5.41) is 4.97. The van der Waals surface area contributed by atoms with Gasteiger partial charge in [0.15, 0.2) is 11.6 Å². The van der Waals surface area contributed by atoms with E-state index in [4.69, 9.17) is 24.3 Å². The number of aromatic nitrogens is 3. The van der Waals surface area contributed by atoms with Crippen LogP contribution in [0.2, 0.25) is 0 Å². The Balaban J connectivity index is 1.28. The zero-order valence-electron chi connectivity index (χ0n) is 20.3. The minimum absolute atomic E-state index is 0.0778. The minimum Gasteiger partial charge on any atom is -0.488 e. The normalized spacial score (nSPS) is 21.6. The molecule has 3 atom stereocenters. The second-order valence-electron chi connectivity index (χ2n) is 9.48. The summed E-state index contributed by atoms with van der Waals surface area (Å²) in [6.07, 6.45) is 4.15. The van der Waals surface area contributed by atoms with Gasteiger partial charge in [0.2, 0.25) is 0 Å². The fourth-order valence-corrected chi connectivity index (χ4v) is 5.07. The summed E-state index contributed by atoms with van der Waals surface area (Å²) in [5.41, 5.74) is 3.22. The summed E-state index contributed by atoms with van der Waals surface area (Å²) in [5.74, 6) is 2.31. The third-order valence-electron chi connectivity index (χ3n) is 6.94. The van der Waals surface area contributed by atoms with Crippen molar-refractivity contribution in [3.8, 4) is 17.1 Å². The van der Waals surface area contributed by atoms with Crippen molar-refractivity contribution in [2.45, 2.75) is 57.1 Å². The maximum atomic E-state index is 6.53. The first kappa shape index (κ1) is 23.0. The molecule has 36 heavy (non-hydrogen) atoms. The molecule has 184 valence electrons. The largest absolute Gasteiger partial charge is 0.488 e. The van der Waals surface area contributed by atoms with E-state index in [0.717, 1.165) is 55.0 Å². The quantitative estimate of drug-likeness (QED) is 0.296. The molecule has 6 heteroatoms. The van der Waals surface area contributed by atoms with Gasteiger partial charge in [-0.25, -0.2) is 9.67 Å². The van der Waals surface area contributed by atoms with Crippen LogP contribution in [0.4, 0.5) is 0 Å². The maximum absolute atomic E-state index is 6.53. The van der Waals surface area contributed by atoms with Crippen molar-refractivity contribution in [3.05, 3.63) is 102 Å². The zero-order valence-corrected chi connectivity index (χ0v) is 20.3. The number of para-hydroxylation sites is 1. The van der Waals surface area contributed by atoms with Crippen LogP contribution >= 0.6 is 0 Å². The summed E-state index contributed by atoms with van der Waals surface area (Å²) in [6.45, 7) is 1.99. The molecule has 0 N–H and O–H groups in total. The van der Waals surface area contributed by atoms with E-state index in [1.54, 1.807) is 0 Å². The van der Waals surface area contributed by atoms with Gasteiger partial charge in [-0.3, -0.25) is 0 Å². The molecule has 0 saturated carbocycles. The van der Waals surface area contributed by atoms with Gasteiger partial charge in [0.05, 0.1) is 24.3 Å². The lowest BCUT2D eigenvalue weighted by Gasteiger charge is -2.16. The van der Waals surface area contributed by atoms with Crippen LogP contribution in [0.3, 0.4) is 0 Å². The van der Waals surface area contributed by atoms with Crippen molar-refractivity contribution in [2.24, 2.45) is 0 Å². The Kier molecular flexibility index (Phi) is 6.79. The first-order chi connectivity index (χ1) is 17.8. The van der Waals surface area contributed by atoms with E-state index in [0.29, 0.717) is 19.0 Å². The second-order valence-corrected chi connectivity index (χ2v) is 9.48. The molecule has 0 bridgehead atoms. The summed E-state index contributed by atoms with van der Waals surface area (Å²) in [6, 6.07) is 28.6. The van der Waals surface area contributed by atoms with E-state index in [-0.39, 0.29) is 18.3 Å². The van der Waals surface area contributed by atoms with Crippen LogP contribution in [0, 0.1) is 0 Å². The summed E-state index contributed by atoms with van der Waals surface area (Å²) < 4.78 is 20.7. The average Bonchev–Trinajstić information content (AvgIpc) is 3.71. The van der Waals surface area contributed by atoms with E-state index in [2.05, 4.69) is 36.4 Å². The second kappa shape index (κ2) is 10.6. The molecule has 0 spiro atoms. The van der Waals surface area contributed by atoms with Crippen LogP contribution in [0.1, 0.15) is 54.8 Å². The van der Waals surface area contributed by atoms with Crippen LogP contribution in [0.5, 0.6) is 5.75 Å². The lowest BCUT2D eigenvalue weighted by atomic mass is 10.1. The molecule has 2 aliphatic rings. The highest BCUT2D eigenvalue weighted by atomic mass is 16.5. The molecule has 1 unspecified atom stereocenters. The van der Waals surface area contributed by atoms with Crippen LogP contribution in [0.15, 0.2) is 84.9 Å². The van der Waals surface area contributed by atoms with Crippen molar-refractivity contribution >= 4 is 0 Å². The first-order valence-corrected chi connectivity index (χ1v) is 12.9. The molecule has 1 aromatic heterocycles. The lowest BCUT2D eigenvalue weighted by Crippen LogP contribution is -2.19. The van der Waals surface area contributed by atoms with Crippen LogP contribution < -0.4 is 4.74 Å². The number of rotatable bonds is 8. The SMILES string of the molecule is c1ccc(COc2ccccc2-c2nc([C@@H]3CC[C@H](c4ccccc4)O3)n(CC3CCCO3)n2)cc1. The summed E-state index contributed by atoms with van der Waals surface area (Å²) in [7, 11) is 0. The third kappa shape index (κ3) is 5.06. The molecule has 6 rings (SSSR count). The van der Waals surface area contributed by atoms with E-state index < -0.39 is 0 Å². The van der Waals surface area contributed by atoms with E-state index in [1.807, 2.05) is 53.2 Å². The molecule has 3 aromatic carbocycles. The molecule has 2 saturated heterocycles. The van der Waals surface area contributed by atoms with Gasteiger partial charge in [0.1, 0.15) is 18.5 Å². The molecule has 0 radical (unpaired) electrons. The van der Waals surface area contributed by atoms with E-state index in [1.165, 1.54) is 5.56 Å². The average molecular weight is 482 g/mol. The molecular formula is C30H31N3O3. The lowest BCUT2D eigenvalue weighted by molar-refractivity contribution is 0.0331. The Morgan fingerprint density at radius 2 is 1.58 bits per heavy atom. The van der Waals surface area contributed by atoms with Crippen LogP contribution in [0.25, 0.3) is 11.4 Å². The Morgan fingerprint density at radius 1 is 0.833 bits per heavy atom. The topological polar surface area (TPSA) is 58.4 Å². The smallest absolute Gasteiger partial charge is 0.185 e. The van der Waals surface area contributed by atoms with Gasteiger partial charge in [-0.2, -0.15) is 5.10 Å². The van der Waals surface area contributed by atoms with E-state index in [9.17, 15) is 0 Å². The van der Waals surface area contributed by atoms with Gasteiger partial charge >= 0.3 is 0 Å². The third-order valence-corrected chi connectivity index (χ3v) is 6.94. The van der Waals surface area contributed by atoms with Crippen molar-refractivity contribution in [3.63, 3.8) is 0 Å². The molecule has 4 aromatic rings. The highest BCUT2D eigenvalue weighted by Crippen LogP contribution is 2.41. The van der Waals surface area contributed by atoms with Gasteiger partial charge in [-0.15, -0.1) is 0 Å². The van der Waals surface area contributed by atoms with Gasteiger partial charge in [-0.1, -0.05) is 72.8 Å². The number of hydrogen-bond acceptors (Lipinski definition) is 5. The van der Waals surface area contributed by atoms with Crippen molar-refractivity contribution < 1.29 is 14.2 Å².